The van der Waals surface area contributed by atoms with E-state index in [2.05, 4.69) is 0 Å². The molecule has 0 aromatic heterocycles. The van der Waals surface area contributed by atoms with E-state index in [1.54, 1.807) is 19.1 Å². The minimum Gasteiger partial charge on any atom is -0.492 e. The molecular formula is C12H11NO4. The average molecular weight is 233 g/mol. The molecule has 0 fully saturated rings. The van der Waals surface area contributed by atoms with Crippen LogP contribution >= 0.6 is 0 Å². The summed E-state index contributed by atoms with van der Waals surface area (Å²) in [6.45, 7) is 1.78. The number of non-ortho nitro benzene ring substituents is 1. The van der Waals surface area contributed by atoms with Crippen LogP contribution in [0.2, 0.25) is 0 Å². The van der Waals surface area contributed by atoms with E-state index in [0.717, 1.165) is 5.56 Å². The summed E-state index contributed by atoms with van der Waals surface area (Å²) >= 11 is 0. The second-order valence-electron chi connectivity index (χ2n) is 3.90. The summed E-state index contributed by atoms with van der Waals surface area (Å²) in [6, 6.07) is 6.06. The molecule has 0 bridgehead atoms. The summed E-state index contributed by atoms with van der Waals surface area (Å²) < 4.78 is 5.38. The van der Waals surface area contributed by atoms with E-state index in [9.17, 15) is 14.9 Å². The molecule has 2 atom stereocenters. The van der Waals surface area contributed by atoms with Gasteiger partial charge in [0.25, 0.3) is 5.69 Å². The zero-order valence-corrected chi connectivity index (χ0v) is 9.20. The zero-order chi connectivity index (χ0) is 12.4. The van der Waals surface area contributed by atoms with Gasteiger partial charge in [-0.25, -0.2) is 0 Å². The average Bonchev–Trinajstić information content (AvgIpc) is 2.33. The van der Waals surface area contributed by atoms with Crippen LogP contribution in [0.1, 0.15) is 18.6 Å². The van der Waals surface area contributed by atoms with Crippen LogP contribution in [-0.2, 0) is 9.53 Å². The van der Waals surface area contributed by atoms with Crippen molar-refractivity contribution in [1.29, 1.82) is 0 Å². The van der Waals surface area contributed by atoms with Crippen molar-refractivity contribution in [1.82, 2.24) is 0 Å². The maximum atomic E-state index is 11.5. The highest BCUT2D eigenvalue weighted by Crippen LogP contribution is 2.31. The highest BCUT2D eigenvalue weighted by atomic mass is 16.6. The van der Waals surface area contributed by atoms with Crippen molar-refractivity contribution < 1.29 is 14.5 Å². The lowest BCUT2D eigenvalue weighted by atomic mass is 9.92. The molecule has 0 spiro atoms. The smallest absolute Gasteiger partial charge is 0.269 e. The maximum absolute atomic E-state index is 11.5. The summed E-state index contributed by atoms with van der Waals surface area (Å²) in [7, 11) is 0. The topological polar surface area (TPSA) is 69.4 Å². The second-order valence-corrected chi connectivity index (χ2v) is 3.90. The van der Waals surface area contributed by atoms with Crippen LogP contribution in [0.3, 0.4) is 0 Å². The van der Waals surface area contributed by atoms with Crippen molar-refractivity contribution in [2.24, 2.45) is 5.92 Å². The van der Waals surface area contributed by atoms with Gasteiger partial charge in [0.2, 0.25) is 0 Å². The van der Waals surface area contributed by atoms with Gasteiger partial charge in [0.1, 0.15) is 6.10 Å². The van der Waals surface area contributed by atoms with E-state index in [0.29, 0.717) is 0 Å². The fraction of sp³-hybridized carbons (Fsp3) is 0.250. The van der Waals surface area contributed by atoms with Gasteiger partial charge in [0, 0.05) is 18.2 Å². The van der Waals surface area contributed by atoms with Crippen LogP contribution in [0.4, 0.5) is 5.69 Å². The molecule has 0 aliphatic carbocycles. The Morgan fingerprint density at radius 2 is 1.94 bits per heavy atom. The number of ether oxygens (including phenoxy) is 1. The molecule has 5 nitrogen and oxygen atoms in total. The molecule has 1 aromatic carbocycles. The Kier molecular flexibility index (Phi) is 2.91. The summed E-state index contributed by atoms with van der Waals surface area (Å²) in [6.07, 6.45) is 2.40. The lowest BCUT2D eigenvalue weighted by Gasteiger charge is -2.25. The second kappa shape index (κ2) is 4.37. The van der Waals surface area contributed by atoms with Gasteiger partial charge in [0.15, 0.2) is 5.78 Å². The summed E-state index contributed by atoms with van der Waals surface area (Å²) in [5, 5.41) is 10.5. The number of nitrogens with zero attached hydrogens (tertiary/aromatic N) is 1. The molecule has 0 saturated carbocycles. The SMILES string of the molecule is C[C@@H]1C(=O)C=CO[C@@H]1c1ccc([N+](=O)[O-])cc1. The Bertz CT molecular complexity index is 478. The Morgan fingerprint density at radius 3 is 2.53 bits per heavy atom. The third kappa shape index (κ3) is 2.18. The number of carbonyl (C=O) groups excluding carboxylic acids is 1. The van der Waals surface area contributed by atoms with Crippen molar-refractivity contribution in [2.45, 2.75) is 13.0 Å². The standard InChI is InChI=1S/C12H11NO4/c1-8-11(14)6-7-17-12(8)9-2-4-10(5-3-9)13(15)16/h2-8,12H,1H3/t8-,12+/m1/s1. The molecule has 0 saturated heterocycles. The zero-order valence-electron chi connectivity index (χ0n) is 9.20. The predicted octanol–water partition coefficient (Wildman–Crippen LogP) is 2.39. The first kappa shape index (κ1) is 11.3. The van der Waals surface area contributed by atoms with Gasteiger partial charge in [-0.2, -0.15) is 0 Å². The van der Waals surface area contributed by atoms with Gasteiger partial charge >= 0.3 is 0 Å². The molecule has 5 heteroatoms. The van der Waals surface area contributed by atoms with Crippen LogP contribution in [0.25, 0.3) is 0 Å². The molecule has 1 heterocycles. The first-order chi connectivity index (χ1) is 8.09. The largest absolute Gasteiger partial charge is 0.492 e. The predicted molar refractivity (Wildman–Crippen MR) is 60.2 cm³/mol. The monoisotopic (exact) mass is 233 g/mol. The summed E-state index contributed by atoms with van der Waals surface area (Å²) in [4.78, 5) is 21.5. The van der Waals surface area contributed by atoms with Gasteiger partial charge in [-0.05, 0) is 17.7 Å². The fourth-order valence-electron chi connectivity index (χ4n) is 1.76. The Hall–Kier alpha value is -2.17. The minimum atomic E-state index is -0.458. The van der Waals surface area contributed by atoms with Gasteiger partial charge in [-0.1, -0.05) is 6.92 Å². The van der Waals surface area contributed by atoms with Crippen molar-refractivity contribution in [3.05, 3.63) is 52.3 Å². The molecule has 17 heavy (non-hydrogen) atoms. The number of benzene rings is 1. The third-order valence-electron chi connectivity index (χ3n) is 2.79. The maximum Gasteiger partial charge on any atom is 0.269 e. The molecule has 0 unspecified atom stereocenters. The third-order valence-corrected chi connectivity index (χ3v) is 2.79. The Balaban J connectivity index is 2.26. The molecule has 2 rings (SSSR count). The number of carbonyl (C=O) groups is 1. The minimum absolute atomic E-state index is 0.000368. The highest BCUT2D eigenvalue weighted by Gasteiger charge is 2.28. The number of nitro benzene ring substituents is 1. The van der Waals surface area contributed by atoms with Gasteiger partial charge in [0.05, 0.1) is 17.1 Å². The Labute approximate surface area is 97.9 Å². The lowest BCUT2D eigenvalue weighted by molar-refractivity contribution is -0.384. The van der Waals surface area contributed by atoms with E-state index in [4.69, 9.17) is 4.74 Å². The quantitative estimate of drug-likeness (QED) is 0.580. The molecule has 88 valence electrons. The van der Waals surface area contributed by atoms with Crippen LogP contribution in [0, 0.1) is 16.0 Å². The van der Waals surface area contributed by atoms with Gasteiger partial charge < -0.3 is 4.74 Å². The van der Waals surface area contributed by atoms with Crippen molar-refractivity contribution in [3.63, 3.8) is 0 Å². The molecule has 1 aliphatic heterocycles. The number of allylic oxidation sites excluding steroid dienone is 1. The Morgan fingerprint density at radius 1 is 1.29 bits per heavy atom. The molecule has 0 N–H and O–H groups in total. The number of hydrogen-bond acceptors (Lipinski definition) is 4. The summed E-state index contributed by atoms with van der Waals surface area (Å²) in [5.74, 6) is -0.277. The van der Waals surface area contributed by atoms with E-state index >= 15 is 0 Å². The van der Waals surface area contributed by atoms with Crippen molar-refractivity contribution in [3.8, 4) is 0 Å². The van der Waals surface area contributed by atoms with Gasteiger partial charge in [-0.3, -0.25) is 14.9 Å². The molecular weight excluding hydrogens is 222 g/mol. The number of ketones is 1. The van der Waals surface area contributed by atoms with Crippen LogP contribution in [0.5, 0.6) is 0 Å². The van der Waals surface area contributed by atoms with Crippen LogP contribution in [-0.4, -0.2) is 10.7 Å². The van der Waals surface area contributed by atoms with E-state index in [1.807, 2.05) is 0 Å². The number of hydrogen-bond donors (Lipinski definition) is 0. The lowest BCUT2D eigenvalue weighted by Crippen LogP contribution is -2.22. The van der Waals surface area contributed by atoms with E-state index < -0.39 is 4.92 Å². The highest BCUT2D eigenvalue weighted by molar-refractivity contribution is 5.92. The first-order valence-electron chi connectivity index (χ1n) is 5.20. The molecule has 1 aliphatic rings. The molecule has 1 aromatic rings. The molecule has 0 amide bonds. The van der Waals surface area contributed by atoms with Gasteiger partial charge in [-0.15, -0.1) is 0 Å². The number of rotatable bonds is 2. The number of nitro groups is 1. The summed E-state index contributed by atoms with van der Waals surface area (Å²) in [5.41, 5.74) is 0.792. The van der Waals surface area contributed by atoms with E-state index in [-0.39, 0.29) is 23.5 Å². The van der Waals surface area contributed by atoms with Crippen molar-refractivity contribution >= 4 is 11.5 Å². The fourth-order valence-corrected chi connectivity index (χ4v) is 1.76. The first-order valence-corrected chi connectivity index (χ1v) is 5.20. The van der Waals surface area contributed by atoms with Crippen LogP contribution < -0.4 is 0 Å². The normalized spacial score (nSPS) is 23.2. The van der Waals surface area contributed by atoms with Crippen molar-refractivity contribution in [2.75, 3.05) is 0 Å². The van der Waals surface area contributed by atoms with Crippen LogP contribution in [0.15, 0.2) is 36.6 Å². The molecule has 0 radical (unpaired) electrons. The van der Waals surface area contributed by atoms with E-state index in [1.165, 1.54) is 24.5 Å².